The van der Waals surface area contributed by atoms with Gasteiger partial charge in [-0.05, 0) is 61.8 Å². The van der Waals surface area contributed by atoms with Crippen molar-refractivity contribution in [3.05, 3.63) is 77.1 Å². The van der Waals surface area contributed by atoms with Crippen molar-refractivity contribution < 1.29 is 33.4 Å². The van der Waals surface area contributed by atoms with Crippen LogP contribution in [0.2, 0.25) is 0 Å². The smallest absolute Gasteiger partial charge is 0.257 e. The number of aryl methyl sites for hydroxylation is 3. The highest BCUT2D eigenvalue weighted by atomic mass is 16.5. The third-order valence-corrected chi connectivity index (χ3v) is 8.56. The summed E-state index contributed by atoms with van der Waals surface area (Å²) in [5, 5.41) is 18.5. The molecule has 2 heterocycles. The van der Waals surface area contributed by atoms with Gasteiger partial charge in [-0.2, -0.15) is 5.10 Å². The minimum absolute atomic E-state index is 0.143. The molecule has 5 N–H and O–H groups in total. The maximum absolute atomic E-state index is 13.9. The second kappa shape index (κ2) is 18.6. The molecule has 0 fully saturated rings. The van der Waals surface area contributed by atoms with E-state index in [2.05, 4.69) is 31.7 Å². The molecule has 1 aromatic heterocycles. The van der Waals surface area contributed by atoms with E-state index in [0.717, 1.165) is 11.1 Å². The number of nitrogens with one attached hydrogen (secondary N) is 5. The van der Waals surface area contributed by atoms with E-state index >= 15 is 0 Å². The zero-order chi connectivity index (χ0) is 36.9. The number of hydrogen-bond donors (Lipinski definition) is 5. The monoisotopic (exact) mass is 703 g/mol. The first-order chi connectivity index (χ1) is 24.4. The van der Waals surface area contributed by atoms with E-state index in [1.165, 1.54) is 11.8 Å². The fraction of sp³-hybridized carbons (Fsp3) is 0.459. The van der Waals surface area contributed by atoms with Crippen LogP contribution in [0.5, 0.6) is 11.5 Å². The summed E-state index contributed by atoms with van der Waals surface area (Å²) < 4.78 is 12.7. The van der Waals surface area contributed by atoms with Gasteiger partial charge in [0.1, 0.15) is 18.1 Å². The molecule has 5 amide bonds. The van der Waals surface area contributed by atoms with Crippen molar-refractivity contribution in [1.29, 1.82) is 0 Å². The maximum Gasteiger partial charge on any atom is 0.257 e. The van der Waals surface area contributed by atoms with Gasteiger partial charge in [0, 0.05) is 32.8 Å². The van der Waals surface area contributed by atoms with Crippen molar-refractivity contribution >= 4 is 29.5 Å². The molecule has 3 aromatic rings. The molecule has 0 saturated heterocycles. The summed E-state index contributed by atoms with van der Waals surface area (Å²) in [6.07, 6.45) is 3.40. The summed E-state index contributed by atoms with van der Waals surface area (Å²) in [5.74, 6) is -1.70. The molecule has 14 heteroatoms. The summed E-state index contributed by atoms with van der Waals surface area (Å²) in [7, 11) is 3.21. The molecule has 14 nitrogen and oxygen atoms in total. The highest BCUT2D eigenvalue weighted by Gasteiger charge is 2.31. The van der Waals surface area contributed by atoms with E-state index in [4.69, 9.17) is 9.47 Å². The normalized spacial score (nSPS) is 20.0. The van der Waals surface area contributed by atoms with Crippen LogP contribution in [0.15, 0.2) is 54.7 Å². The van der Waals surface area contributed by atoms with Crippen LogP contribution in [0.4, 0.5) is 0 Å². The lowest BCUT2D eigenvalue weighted by Crippen LogP contribution is -2.58. The molecule has 0 aliphatic carbocycles. The van der Waals surface area contributed by atoms with Crippen LogP contribution in [-0.2, 0) is 39.1 Å². The van der Waals surface area contributed by atoms with Crippen LogP contribution in [0.1, 0.15) is 60.3 Å². The molecule has 274 valence electrons. The van der Waals surface area contributed by atoms with Gasteiger partial charge in [0.15, 0.2) is 18.1 Å². The predicted octanol–water partition coefficient (Wildman–Crippen LogP) is 1.74. The summed E-state index contributed by atoms with van der Waals surface area (Å²) in [4.78, 5) is 67.2. The van der Waals surface area contributed by atoms with Crippen LogP contribution in [0, 0.1) is 12.8 Å². The summed E-state index contributed by atoms with van der Waals surface area (Å²) in [6.45, 7) is 5.65. The maximum atomic E-state index is 13.9. The van der Waals surface area contributed by atoms with E-state index in [-0.39, 0.29) is 43.7 Å². The van der Waals surface area contributed by atoms with Gasteiger partial charge < -0.3 is 36.1 Å². The Hall–Kier alpha value is -5.40. The lowest BCUT2D eigenvalue weighted by Gasteiger charge is -2.27. The van der Waals surface area contributed by atoms with Gasteiger partial charge in [0.2, 0.25) is 17.7 Å². The quantitative estimate of drug-likeness (QED) is 0.257. The van der Waals surface area contributed by atoms with Crippen LogP contribution in [0.3, 0.4) is 0 Å². The first-order valence-electron chi connectivity index (χ1n) is 17.2. The van der Waals surface area contributed by atoms with E-state index in [0.29, 0.717) is 48.6 Å². The van der Waals surface area contributed by atoms with Gasteiger partial charge in [0.25, 0.3) is 11.8 Å². The SMILES string of the molecule is COc1ccc2cc1OCC(=O)NCCC[C@H](NC(=O)c1cn(C)nc1C)C(=O)N[C@@H](Cc1ccccc1)C(=O)N[C@H](C(C)C)C(=O)NCCC2. The molecular formula is C37H49N7O7. The second-order valence-corrected chi connectivity index (χ2v) is 13.0. The topological polar surface area (TPSA) is 182 Å². The molecule has 4 rings (SSSR count). The summed E-state index contributed by atoms with van der Waals surface area (Å²) in [5.41, 5.74) is 2.52. The van der Waals surface area contributed by atoms with Crippen molar-refractivity contribution in [2.75, 3.05) is 26.8 Å². The Morgan fingerprint density at radius 1 is 1.00 bits per heavy atom. The second-order valence-electron chi connectivity index (χ2n) is 13.0. The molecule has 0 spiro atoms. The van der Waals surface area contributed by atoms with Crippen molar-refractivity contribution in [3.8, 4) is 11.5 Å². The minimum atomic E-state index is -1.06. The third kappa shape index (κ3) is 11.3. The number of benzene rings is 2. The number of hydrogen-bond acceptors (Lipinski definition) is 8. The molecule has 0 saturated carbocycles. The fourth-order valence-electron chi connectivity index (χ4n) is 5.78. The molecule has 1 aliphatic rings. The predicted molar refractivity (Wildman–Crippen MR) is 190 cm³/mol. The van der Waals surface area contributed by atoms with Crippen molar-refractivity contribution in [1.82, 2.24) is 36.4 Å². The summed E-state index contributed by atoms with van der Waals surface area (Å²) in [6, 6.07) is 11.7. The Kier molecular flexibility index (Phi) is 14.0. The van der Waals surface area contributed by atoms with E-state index in [1.54, 1.807) is 32.3 Å². The van der Waals surface area contributed by atoms with Gasteiger partial charge in [-0.1, -0.05) is 50.2 Å². The average Bonchev–Trinajstić information content (AvgIpc) is 3.46. The number of methoxy groups -OCH3 is 1. The largest absolute Gasteiger partial charge is 0.493 e. The van der Waals surface area contributed by atoms with Gasteiger partial charge in [-0.25, -0.2) is 0 Å². The highest BCUT2D eigenvalue weighted by Crippen LogP contribution is 2.28. The average molecular weight is 704 g/mol. The number of fused-ring (bicyclic) bond motifs is 2. The van der Waals surface area contributed by atoms with E-state index in [1.807, 2.05) is 50.2 Å². The molecule has 1 aliphatic heterocycles. The minimum Gasteiger partial charge on any atom is -0.493 e. The van der Waals surface area contributed by atoms with Crippen LogP contribution < -0.4 is 36.1 Å². The first-order valence-corrected chi connectivity index (χ1v) is 17.2. The van der Waals surface area contributed by atoms with Gasteiger partial charge >= 0.3 is 0 Å². The van der Waals surface area contributed by atoms with Crippen LogP contribution in [-0.4, -0.2) is 84.2 Å². The van der Waals surface area contributed by atoms with Gasteiger partial charge in [-0.3, -0.25) is 28.7 Å². The Morgan fingerprint density at radius 3 is 2.43 bits per heavy atom. The zero-order valence-electron chi connectivity index (χ0n) is 29.9. The van der Waals surface area contributed by atoms with E-state index in [9.17, 15) is 24.0 Å². The molecule has 2 bridgehead atoms. The molecule has 2 aromatic carbocycles. The molecule has 3 atom stereocenters. The number of amides is 5. The number of nitrogens with zero attached hydrogens (tertiary/aromatic N) is 2. The molecule has 0 unspecified atom stereocenters. The summed E-state index contributed by atoms with van der Waals surface area (Å²) >= 11 is 0. The van der Waals surface area contributed by atoms with Crippen LogP contribution >= 0.6 is 0 Å². The van der Waals surface area contributed by atoms with Gasteiger partial charge in [0.05, 0.1) is 18.4 Å². The molecule has 51 heavy (non-hydrogen) atoms. The lowest BCUT2D eigenvalue weighted by molar-refractivity contribution is -0.133. The molecular weight excluding hydrogens is 654 g/mol. The van der Waals surface area contributed by atoms with Crippen molar-refractivity contribution in [3.63, 3.8) is 0 Å². The number of carbonyl (C=O) groups excluding carboxylic acids is 5. The Labute approximate surface area is 298 Å². The van der Waals surface area contributed by atoms with E-state index < -0.39 is 35.8 Å². The van der Waals surface area contributed by atoms with Crippen molar-refractivity contribution in [2.45, 2.75) is 71.0 Å². The number of ether oxygens (including phenoxy) is 2. The third-order valence-electron chi connectivity index (χ3n) is 8.56. The number of carbonyl (C=O) groups is 5. The lowest BCUT2D eigenvalue weighted by atomic mass is 10.00. The Bertz CT molecular complexity index is 1670. The standard InChI is InChI=1S/C37H49N7O7/c1-23(2)33-37(49)39-18-9-13-26-15-16-30(50-5)31(20-26)51-22-32(45)38-17-10-14-28(40-34(46)27-21-44(4)43-24(27)3)35(47)41-29(36(48)42-33)19-25-11-7-6-8-12-25/h6-8,11-12,15-16,20-21,23,28-29,33H,9-10,13-14,17-19,22H2,1-5H3,(H,38,45)(H,39,49)(H,40,46)(H,41,47)(H,42,48)/t28-,29-,33+/m0/s1. The van der Waals surface area contributed by atoms with Crippen molar-refractivity contribution in [2.24, 2.45) is 13.0 Å². The Balaban J connectivity index is 1.61. The molecule has 0 radical (unpaired) electrons. The van der Waals surface area contributed by atoms with Gasteiger partial charge in [-0.15, -0.1) is 0 Å². The number of aromatic nitrogens is 2. The van der Waals surface area contributed by atoms with Crippen LogP contribution in [0.25, 0.3) is 0 Å². The Morgan fingerprint density at radius 2 is 1.75 bits per heavy atom. The fourth-order valence-corrected chi connectivity index (χ4v) is 5.78. The zero-order valence-corrected chi connectivity index (χ0v) is 29.9. The highest BCUT2D eigenvalue weighted by molar-refractivity contribution is 5.99. The number of rotatable bonds is 6. The first kappa shape index (κ1) is 38.4.